The van der Waals surface area contributed by atoms with Gasteiger partial charge in [-0.1, -0.05) is 41.4 Å². The fourth-order valence-electron chi connectivity index (χ4n) is 2.47. The fraction of sp³-hybridized carbons (Fsp3) is 0.600. The summed E-state index contributed by atoms with van der Waals surface area (Å²) in [5.41, 5.74) is 1.17. The van der Waals surface area contributed by atoms with Gasteiger partial charge in [0.2, 0.25) is 10.0 Å². The molecule has 1 saturated heterocycles. The monoisotopic (exact) mass is 375 g/mol. The Hall–Kier alpha value is -0.430. The van der Waals surface area contributed by atoms with Crippen LogP contribution >= 0.6 is 15.9 Å². The van der Waals surface area contributed by atoms with E-state index in [4.69, 9.17) is 4.74 Å². The van der Waals surface area contributed by atoms with E-state index in [2.05, 4.69) is 22.9 Å². The minimum Gasteiger partial charge on any atom is -0.374 e. The lowest BCUT2D eigenvalue weighted by molar-refractivity contribution is -0.0139. The molecule has 2 atom stereocenters. The maximum absolute atomic E-state index is 12.8. The van der Waals surface area contributed by atoms with Crippen LogP contribution in [-0.4, -0.2) is 43.4 Å². The van der Waals surface area contributed by atoms with Gasteiger partial charge in [-0.25, -0.2) is 8.42 Å². The molecule has 0 bridgehead atoms. The Morgan fingerprint density at radius 3 is 2.57 bits per heavy atom. The van der Waals surface area contributed by atoms with Crippen molar-refractivity contribution in [3.63, 3.8) is 0 Å². The van der Waals surface area contributed by atoms with Crippen molar-refractivity contribution in [1.82, 2.24) is 4.31 Å². The van der Waals surface area contributed by atoms with Crippen LogP contribution in [0.25, 0.3) is 0 Å². The van der Waals surface area contributed by atoms with Crippen LogP contribution in [0, 0.1) is 0 Å². The van der Waals surface area contributed by atoms with Crippen molar-refractivity contribution in [2.45, 2.75) is 43.7 Å². The summed E-state index contributed by atoms with van der Waals surface area (Å²) in [4.78, 5) is 0.365. The number of morpholine rings is 1. The van der Waals surface area contributed by atoms with Gasteiger partial charge in [-0.3, -0.25) is 0 Å². The zero-order valence-electron chi connectivity index (χ0n) is 12.5. The molecule has 6 heteroatoms. The Labute approximate surface area is 135 Å². The van der Waals surface area contributed by atoms with Gasteiger partial charge in [0.05, 0.1) is 17.6 Å². The van der Waals surface area contributed by atoms with E-state index in [1.807, 2.05) is 19.1 Å². The number of aryl methyl sites for hydroxylation is 1. The highest BCUT2D eigenvalue weighted by Crippen LogP contribution is 2.23. The van der Waals surface area contributed by atoms with Crippen molar-refractivity contribution in [2.75, 3.05) is 18.5 Å². The lowest BCUT2D eigenvalue weighted by Gasteiger charge is -2.36. The Bertz CT molecular complexity index is 559. The van der Waals surface area contributed by atoms with Crippen LogP contribution in [0.3, 0.4) is 0 Å². The van der Waals surface area contributed by atoms with Crippen molar-refractivity contribution < 1.29 is 13.2 Å². The Balaban J connectivity index is 2.23. The van der Waals surface area contributed by atoms with Crippen LogP contribution < -0.4 is 0 Å². The summed E-state index contributed by atoms with van der Waals surface area (Å²) >= 11 is 3.36. The molecule has 4 nitrogen and oxygen atoms in total. The number of rotatable bonds is 5. The molecular formula is C15H22BrNO3S. The average molecular weight is 376 g/mol. The number of hydrogen-bond donors (Lipinski definition) is 0. The predicted octanol–water partition coefficient (Wildman–Crippen LogP) is 2.81. The zero-order chi connectivity index (χ0) is 15.5. The topological polar surface area (TPSA) is 46.6 Å². The van der Waals surface area contributed by atoms with Crippen LogP contribution in [0.2, 0.25) is 0 Å². The smallest absolute Gasteiger partial charge is 0.243 e. The molecule has 1 aromatic rings. The van der Waals surface area contributed by atoms with Crippen LogP contribution in [0.5, 0.6) is 0 Å². The number of alkyl halides is 1. The first-order chi connectivity index (χ1) is 9.98. The number of ether oxygens (including phenoxy) is 1. The Morgan fingerprint density at radius 1 is 1.33 bits per heavy atom. The summed E-state index contributed by atoms with van der Waals surface area (Å²) in [5, 5.41) is 0.640. The van der Waals surface area contributed by atoms with Gasteiger partial charge in [0.25, 0.3) is 0 Å². The molecule has 2 unspecified atom stereocenters. The predicted molar refractivity (Wildman–Crippen MR) is 87.3 cm³/mol. The van der Waals surface area contributed by atoms with Crippen LogP contribution in [0.4, 0.5) is 0 Å². The molecule has 2 rings (SSSR count). The van der Waals surface area contributed by atoms with Gasteiger partial charge >= 0.3 is 0 Å². The van der Waals surface area contributed by atoms with Gasteiger partial charge < -0.3 is 4.74 Å². The molecule has 1 fully saturated rings. The van der Waals surface area contributed by atoms with Gasteiger partial charge in [-0.15, -0.1) is 0 Å². The van der Waals surface area contributed by atoms with E-state index < -0.39 is 10.0 Å². The van der Waals surface area contributed by atoms with Gasteiger partial charge in [-0.05, 0) is 31.0 Å². The molecule has 0 aliphatic carbocycles. The molecule has 118 valence electrons. The van der Waals surface area contributed by atoms with Crippen LogP contribution in [0.1, 0.15) is 25.8 Å². The molecule has 21 heavy (non-hydrogen) atoms. The Kier molecular flexibility index (Phi) is 5.82. The highest BCUT2D eigenvalue weighted by Gasteiger charge is 2.35. The second-order valence-corrected chi connectivity index (χ2v) is 7.97. The van der Waals surface area contributed by atoms with E-state index in [0.29, 0.717) is 23.4 Å². The van der Waals surface area contributed by atoms with E-state index in [9.17, 15) is 8.42 Å². The van der Waals surface area contributed by atoms with Crippen LogP contribution in [-0.2, 0) is 21.2 Å². The molecule has 1 heterocycles. The molecule has 0 spiro atoms. The molecule has 0 N–H and O–H groups in total. The highest BCUT2D eigenvalue weighted by atomic mass is 79.9. The van der Waals surface area contributed by atoms with Crippen molar-refractivity contribution in [2.24, 2.45) is 0 Å². The SMILES string of the molecule is CCCc1ccc(S(=O)(=O)N2CC(CBr)OCC2C)cc1. The summed E-state index contributed by atoms with van der Waals surface area (Å²) < 4.78 is 32.7. The minimum absolute atomic E-state index is 0.0876. The van der Waals surface area contributed by atoms with Crippen molar-refractivity contribution in [3.8, 4) is 0 Å². The zero-order valence-corrected chi connectivity index (χ0v) is 14.9. The van der Waals surface area contributed by atoms with E-state index in [0.717, 1.165) is 12.8 Å². The Morgan fingerprint density at radius 2 is 2.00 bits per heavy atom. The first kappa shape index (κ1) is 16.9. The molecule has 1 aromatic carbocycles. The number of sulfonamides is 1. The number of hydrogen-bond acceptors (Lipinski definition) is 3. The quantitative estimate of drug-likeness (QED) is 0.743. The minimum atomic E-state index is -3.45. The maximum atomic E-state index is 12.8. The number of nitrogens with zero attached hydrogens (tertiary/aromatic N) is 1. The third-order valence-electron chi connectivity index (χ3n) is 3.69. The molecule has 0 aromatic heterocycles. The summed E-state index contributed by atoms with van der Waals surface area (Å²) in [7, 11) is -3.45. The van der Waals surface area contributed by atoms with Crippen molar-refractivity contribution >= 4 is 26.0 Å². The van der Waals surface area contributed by atoms with E-state index in [-0.39, 0.29) is 12.1 Å². The molecule has 1 aliphatic rings. The molecular weight excluding hydrogens is 354 g/mol. The molecule has 0 radical (unpaired) electrons. The lowest BCUT2D eigenvalue weighted by atomic mass is 10.1. The normalized spacial score (nSPS) is 24.1. The molecule has 0 amide bonds. The fourth-order valence-corrected chi connectivity index (χ4v) is 4.51. The lowest BCUT2D eigenvalue weighted by Crippen LogP contribution is -2.51. The van der Waals surface area contributed by atoms with E-state index in [1.54, 1.807) is 16.4 Å². The van der Waals surface area contributed by atoms with Crippen molar-refractivity contribution in [1.29, 1.82) is 0 Å². The standard InChI is InChI=1S/C15H22BrNO3S/c1-3-4-13-5-7-15(8-6-13)21(18,19)17-10-14(9-16)20-11-12(17)2/h5-8,12,14H,3-4,9-11H2,1-2H3. The second kappa shape index (κ2) is 7.22. The number of halogens is 1. The van der Waals surface area contributed by atoms with Gasteiger partial charge in [-0.2, -0.15) is 4.31 Å². The molecule has 1 aliphatic heterocycles. The largest absolute Gasteiger partial charge is 0.374 e. The molecule has 0 saturated carbocycles. The van der Waals surface area contributed by atoms with Gasteiger partial charge in [0, 0.05) is 17.9 Å². The van der Waals surface area contributed by atoms with Gasteiger partial charge in [0.15, 0.2) is 0 Å². The summed E-state index contributed by atoms with van der Waals surface area (Å²) in [6.07, 6.45) is 1.94. The van der Waals surface area contributed by atoms with Crippen LogP contribution in [0.15, 0.2) is 29.2 Å². The van der Waals surface area contributed by atoms with E-state index in [1.165, 1.54) is 5.56 Å². The third kappa shape index (κ3) is 3.86. The summed E-state index contributed by atoms with van der Waals surface area (Å²) in [6, 6.07) is 7.10. The second-order valence-electron chi connectivity index (χ2n) is 5.43. The first-order valence-corrected chi connectivity index (χ1v) is 9.83. The van der Waals surface area contributed by atoms with Gasteiger partial charge in [0.1, 0.15) is 0 Å². The third-order valence-corrected chi connectivity index (χ3v) is 6.41. The van der Waals surface area contributed by atoms with E-state index >= 15 is 0 Å². The number of benzene rings is 1. The average Bonchev–Trinajstić information content (AvgIpc) is 2.48. The highest BCUT2D eigenvalue weighted by molar-refractivity contribution is 9.09. The first-order valence-electron chi connectivity index (χ1n) is 7.27. The maximum Gasteiger partial charge on any atom is 0.243 e. The van der Waals surface area contributed by atoms with Crippen molar-refractivity contribution in [3.05, 3.63) is 29.8 Å². The summed E-state index contributed by atoms with van der Waals surface area (Å²) in [5.74, 6) is 0. The summed E-state index contributed by atoms with van der Waals surface area (Å²) in [6.45, 7) is 4.82.